The van der Waals surface area contributed by atoms with Crippen molar-refractivity contribution in [1.29, 1.82) is 0 Å². The minimum absolute atomic E-state index is 0.150. The summed E-state index contributed by atoms with van der Waals surface area (Å²) in [7, 11) is 0. The Labute approximate surface area is 181 Å². The molecule has 0 spiro atoms. The van der Waals surface area contributed by atoms with Gasteiger partial charge >= 0.3 is 5.97 Å². The first kappa shape index (κ1) is 22.1. The van der Waals surface area contributed by atoms with Crippen molar-refractivity contribution in [2.24, 2.45) is 5.92 Å². The number of nitrogens with one attached hydrogen (secondary N) is 1. The van der Waals surface area contributed by atoms with Crippen molar-refractivity contribution in [3.05, 3.63) is 65.9 Å². The fourth-order valence-corrected chi connectivity index (χ4v) is 3.64. The molecule has 1 aliphatic heterocycles. The van der Waals surface area contributed by atoms with Crippen molar-refractivity contribution < 1.29 is 23.9 Å². The summed E-state index contributed by atoms with van der Waals surface area (Å²) in [5, 5.41) is 2.81. The van der Waals surface area contributed by atoms with Crippen LogP contribution in [0.3, 0.4) is 0 Å². The molecule has 3 rings (SSSR count). The standard InChI is InChI=1S/C24H26N2O5/c1-4-30-20-14-10-9-13-19(20)25-23(28)18-15-21(27)26(17-11-7-6-8-12-17)16(3)22(18)24(29)31-5-2/h6-14,18H,4-5,15H2,1-3H3,(H,25,28). The number of allylic oxidation sites excluding steroid dienone is 1. The number of amides is 2. The smallest absolute Gasteiger partial charge is 0.336 e. The Balaban J connectivity index is 1.99. The molecule has 0 saturated heterocycles. The summed E-state index contributed by atoms with van der Waals surface area (Å²) in [5.41, 5.74) is 1.68. The molecule has 7 heteroatoms. The van der Waals surface area contributed by atoms with Crippen molar-refractivity contribution in [3.63, 3.8) is 0 Å². The number of esters is 1. The number of hydrogen-bond donors (Lipinski definition) is 1. The van der Waals surface area contributed by atoms with Gasteiger partial charge in [0.2, 0.25) is 11.8 Å². The van der Waals surface area contributed by atoms with Crippen LogP contribution in [0.5, 0.6) is 5.75 Å². The highest BCUT2D eigenvalue weighted by atomic mass is 16.5. The molecule has 1 aliphatic rings. The van der Waals surface area contributed by atoms with Gasteiger partial charge in [0.1, 0.15) is 5.75 Å². The van der Waals surface area contributed by atoms with Crippen LogP contribution in [0, 0.1) is 5.92 Å². The first-order chi connectivity index (χ1) is 15.0. The highest BCUT2D eigenvalue weighted by Crippen LogP contribution is 2.35. The third kappa shape index (κ3) is 4.77. The zero-order valence-corrected chi connectivity index (χ0v) is 17.9. The third-order valence-electron chi connectivity index (χ3n) is 4.97. The van der Waals surface area contributed by atoms with Gasteiger partial charge in [0.25, 0.3) is 0 Å². The molecule has 1 N–H and O–H groups in total. The molecule has 0 aliphatic carbocycles. The van der Waals surface area contributed by atoms with Crippen LogP contribution in [0.15, 0.2) is 65.9 Å². The summed E-state index contributed by atoms with van der Waals surface area (Å²) < 4.78 is 10.8. The van der Waals surface area contributed by atoms with Crippen molar-refractivity contribution in [2.45, 2.75) is 27.2 Å². The lowest BCUT2D eigenvalue weighted by molar-refractivity contribution is -0.141. The molecule has 31 heavy (non-hydrogen) atoms. The first-order valence-corrected chi connectivity index (χ1v) is 10.3. The molecule has 0 fully saturated rings. The van der Waals surface area contributed by atoms with Crippen LogP contribution in [0.1, 0.15) is 27.2 Å². The molecule has 2 aromatic carbocycles. The Hall–Kier alpha value is -3.61. The summed E-state index contributed by atoms with van der Waals surface area (Å²) in [5.74, 6) is -1.79. The minimum Gasteiger partial charge on any atom is -0.492 e. The van der Waals surface area contributed by atoms with Crippen LogP contribution in [-0.4, -0.2) is 31.0 Å². The van der Waals surface area contributed by atoms with Gasteiger partial charge in [-0.2, -0.15) is 0 Å². The van der Waals surface area contributed by atoms with Crippen molar-refractivity contribution >= 4 is 29.2 Å². The Morgan fingerprint density at radius 3 is 2.39 bits per heavy atom. The van der Waals surface area contributed by atoms with Crippen LogP contribution < -0.4 is 15.0 Å². The Kier molecular flexibility index (Phi) is 7.07. The van der Waals surface area contributed by atoms with Gasteiger partial charge in [0, 0.05) is 17.8 Å². The molecule has 1 heterocycles. The number of benzene rings is 2. The van der Waals surface area contributed by atoms with Crippen LogP contribution >= 0.6 is 0 Å². The first-order valence-electron chi connectivity index (χ1n) is 10.3. The largest absolute Gasteiger partial charge is 0.492 e. The maximum absolute atomic E-state index is 13.2. The molecule has 162 valence electrons. The number of carbonyl (C=O) groups is 3. The summed E-state index contributed by atoms with van der Waals surface area (Å²) in [6.45, 7) is 5.81. The van der Waals surface area contributed by atoms with Gasteiger partial charge in [0.15, 0.2) is 0 Å². The second-order valence-corrected chi connectivity index (χ2v) is 6.96. The highest BCUT2D eigenvalue weighted by Gasteiger charge is 2.40. The maximum atomic E-state index is 13.2. The van der Waals surface area contributed by atoms with Crippen molar-refractivity contribution in [2.75, 3.05) is 23.4 Å². The number of ether oxygens (including phenoxy) is 2. The molecular weight excluding hydrogens is 396 g/mol. The zero-order chi connectivity index (χ0) is 22.4. The highest BCUT2D eigenvalue weighted by molar-refractivity contribution is 6.10. The predicted octanol–water partition coefficient (Wildman–Crippen LogP) is 3.91. The van der Waals surface area contributed by atoms with Crippen LogP contribution in [-0.2, 0) is 19.1 Å². The van der Waals surface area contributed by atoms with E-state index in [0.717, 1.165) is 0 Å². The van der Waals surface area contributed by atoms with E-state index in [1.807, 2.05) is 25.1 Å². The van der Waals surface area contributed by atoms with Gasteiger partial charge in [-0.3, -0.25) is 14.5 Å². The van der Waals surface area contributed by atoms with E-state index >= 15 is 0 Å². The number of carbonyl (C=O) groups excluding carboxylic acids is 3. The number of nitrogens with zero attached hydrogens (tertiary/aromatic N) is 1. The normalized spacial score (nSPS) is 16.2. The van der Waals surface area contributed by atoms with Crippen LogP contribution in [0.4, 0.5) is 11.4 Å². The molecule has 0 radical (unpaired) electrons. The van der Waals surface area contributed by atoms with Crippen molar-refractivity contribution in [3.8, 4) is 5.75 Å². The second-order valence-electron chi connectivity index (χ2n) is 6.96. The fraction of sp³-hybridized carbons (Fsp3) is 0.292. The lowest BCUT2D eigenvalue weighted by atomic mass is 9.88. The van der Waals surface area contributed by atoms with E-state index in [9.17, 15) is 14.4 Å². The quantitative estimate of drug-likeness (QED) is 0.684. The monoisotopic (exact) mass is 422 g/mol. The molecular formula is C24H26N2O5. The van der Waals surface area contributed by atoms with Gasteiger partial charge in [-0.15, -0.1) is 0 Å². The number of anilines is 2. The van der Waals surface area contributed by atoms with Crippen LogP contribution in [0.2, 0.25) is 0 Å². The minimum atomic E-state index is -0.971. The molecule has 2 aromatic rings. The van der Waals surface area contributed by atoms with E-state index in [1.165, 1.54) is 4.90 Å². The SMILES string of the molecule is CCOC(=O)C1=C(C)N(c2ccccc2)C(=O)CC1C(=O)Nc1ccccc1OCC. The van der Waals surface area contributed by atoms with E-state index in [1.54, 1.807) is 50.2 Å². The molecule has 0 bridgehead atoms. The fourth-order valence-electron chi connectivity index (χ4n) is 3.64. The average molecular weight is 422 g/mol. The van der Waals surface area contributed by atoms with Gasteiger partial charge in [-0.25, -0.2) is 4.79 Å². The van der Waals surface area contributed by atoms with E-state index in [0.29, 0.717) is 29.4 Å². The molecule has 0 saturated carbocycles. The summed E-state index contributed by atoms with van der Waals surface area (Å²) in [4.78, 5) is 40.5. The number of hydrogen-bond acceptors (Lipinski definition) is 5. The summed E-state index contributed by atoms with van der Waals surface area (Å²) in [6, 6.07) is 16.1. The molecule has 7 nitrogen and oxygen atoms in total. The van der Waals surface area contributed by atoms with Gasteiger partial charge < -0.3 is 14.8 Å². The van der Waals surface area contributed by atoms with Crippen LogP contribution in [0.25, 0.3) is 0 Å². The van der Waals surface area contributed by atoms with E-state index in [-0.39, 0.29) is 24.5 Å². The molecule has 1 unspecified atom stereocenters. The van der Waals surface area contributed by atoms with Crippen molar-refractivity contribution in [1.82, 2.24) is 0 Å². The van der Waals surface area contributed by atoms with E-state index in [2.05, 4.69) is 5.32 Å². The number of para-hydroxylation sites is 3. The van der Waals surface area contributed by atoms with Gasteiger partial charge in [0.05, 0.1) is 30.4 Å². The maximum Gasteiger partial charge on any atom is 0.336 e. The molecule has 2 amide bonds. The molecule has 1 atom stereocenters. The Morgan fingerprint density at radius 1 is 1.03 bits per heavy atom. The van der Waals surface area contributed by atoms with E-state index in [4.69, 9.17) is 9.47 Å². The topological polar surface area (TPSA) is 84.9 Å². The predicted molar refractivity (Wildman–Crippen MR) is 118 cm³/mol. The summed E-state index contributed by atoms with van der Waals surface area (Å²) in [6.07, 6.45) is -0.150. The number of rotatable bonds is 7. The average Bonchev–Trinajstić information content (AvgIpc) is 2.75. The third-order valence-corrected chi connectivity index (χ3v) is 4.97. The Morgan fingerprint density at radius 2 is 1.71 bits per heavy atom. The zero-order valence-electron chi connectivity index (χ0n) is 17.9. The lowest BCUT2D eigenvalue weighted by Crippen LogP contribution is -2.43. The molecule has 0 aromatic heterocycles. The Bertz CT molecular complexity index is 1000. The lowest BCUT2D eigenvalue weighted by Gasteiger charge is -2.33. The van der Waals surface area contributed by atoms with Gasteiger partial charge in [-0.05, 0) is 45.0 Å². The second kappa shape index (κ2) is 9.93. The van der Waals surface area contributed by atoms with E-state index < -0.39 is 17.8 Å². The summed E-state index contributed by atoms with van der Waals surface area (Å²) >= 11 is 0. The van der Waals surface area contributed by atoms with Gasteiger partial charge in [-0.1, -0.05) is 30.3 Å².